The van der Waals surface area contributed by atoms with Crippen molar-refractivity contribution in [1.82, 2.24) is 14.8 Å². The summed E-state index contributed by atoms with van der Waals surface area (Å²) in [6.45, 7) is 5.94. The molecule has 1 unspecified atom stereocenters. The molecule has 1 spiro atoms. The molecule has 0 aromatic carbocycles. The van der Waals surface area contributed by atoms with E-state index in [9.17, 15) is 9.59 Å². The topological polar surface area (TPSA) is 65.6 Å². The van der Waals surface area contributed by atoms with Gasteiger partial charge in [-0.2, -0.15) is 0 Å². The van der Waals surface area contributed by atoms with Gasteiger partial charge in [-0.1, -0.05) is 0 Å². The first-order chi connectivity index (χ1) is 12.5. The van der Waals surface area contributed by atoms with E-state index in [0.717, 1.165) is 70.5 Å². The molecule has 4 heterocycles. The molecule has 1 N–H and O–H groups in total. The number of carbonyl (C=O) groups is 2. The molecule has 3 aliphatic heterocycles. The summed E-state index contributed by atoms with van der Waals surface area (Å²) >= 11 is 0. The van der Waals surface area contributed by atoms with Crippen molar-refractivity contribution in [3.05, 3.63) is 23.5 Å². The Morgan fingerprint density at radius 1 is 1.35 bits per heavy atom. The highest BCUT2D eigenvalue weighted by atomic mass is 16.5. The number of H-pyrrole nitrogens is 1. The summed E-state index contributed by atoms with van der Waals surface area (Å²) in [7, 11) is 0. The molecule has 1 aromatic heterocycles. The van der Waals surface area contributed by atoms with Crippen molar-refractivity contribution in [3.63, 3.8) is 0 Å². The fourth-order valence-electron chi connectivity index (χ4n) is 4.69. The number of nitrogens with one attached hydrogen (secondary N) is 1. The van der Waals surface area contributed by atoms with Crippen LogP contribution in [-0.4, -0.2) is 65.5 Å². The van der Waals surface area contributed by atoms with Crippen LogP contribution >= 0.6 is 0 Å². The maximum absolute atomic E-state index is 12.6. The number of hydrogen-bond donors (Lipinski definition) is 1. The molecule has 26 heavy (non-hydrogen) atoms. The first-order valence-corrected chi connectivity index (χ1v) is 9.88. The zero-order valence-corrected chi connectivity index (χ0v) is 15.6. The molecule has 3 saturated heterocycles. The minimum absolute atomic E-state index is 0.0936. The van der Waals surface area contributed by atoms with Crippen LogP contribution in [0.3, 0.4) is 0 Å². The molecule has 3 fully saturated rings. The number of hydrogen-bond acceptors (Lipinski definition) is 3. The van der Waals surface area contributed by atoms with Gasteiger partial charge in [0.25, 0.3) is 5.91 Å². The standard InChI is InChI=1S/C20H29N3O3/c1-15-11-17(21-12-15)19(25)22-8-6-20(7-9-22)5-4-18(24)23(14-20)13-16-3-2-10-26-16/h11-12,16,21H,2-10,13-14H2,1H3. The van der Waals surface area contributed by atoms with Crippen LogP contribution in [0, 0.1) is 12.3 Å². The second-order valence-corrected chi connectivity index (χ2v) is 8.29. The lowest BCUT2D eigenvalue weighted by atomic mass is 9.72. The van der Waals surface area contributed by atoms with Gasteiger partial charge in [-0.05, 0) is 56.1 Å². The Kier molecular flexibility index (Phi) is 4.78. The van der Waals surface area contributed by atoms with Crippen LogP contribution in [0.15, 0.2) is 12.3 Å². The number of carbonyl (C=O) groups excluding carboxylic acids is 2. The third-order valence-electron chi connectivity index (χ3n) is 6.37. The molecule has 2 amide bonds. The average Bonchev–Trinajstić information content (AvgIpc) is 3.30. The Hall–Kier alpha value is -1.82. The summed E-state index contributed by atoms with van der Waals surface area (Å²) in [6, 6.07) is 1.91. The van der Waals surface area contributed by atoms with Gasteiger partial charge >= 0.3 is 0 Å². The van der Waals surface area contributed by atoms with Gasteiger partial charge < -0.3 is 19.5 Å². The molecule has 6 nitrogen and oxygen atoms in total. The third kappa shape index (κ3) is 3.52. The van der Waals surface area contributed by atoms with Crippen molar-refractivity contribution in [1.29, 1.82) is 0 Å². The highest BCUT2D eigenvalue weighted by Crippen LogP contribution is 2.40. The lowest BCUT2D eigenvalue weighted by Gasteiger charge is -2.47. The van der Waals surface area contributed by atoms with Gasteiger partial charge in [0.1, 0.15) is 5.69 Å². The zero-order valence-electron chi connectivity index (χ0n) is 15.6. The smallest absolute Gasteiger partial charge is 0.270 e. The summed E-state index contributed by atoms with van der Waals surface area (Å²) in [6.07, 6.45) is 7.80. The quantitative estimate of drug-likeness (QED) is 0.901. The number of aromatic amines is 1. The zero-order chi connectivity index (χ0) is 18.1. The minimum Gasteiger partial charge on any atom is -0.376 e. The maximum atomic E-state index is 12.6. The van der Waals surface area contributed by atoms with Gasteiger partial charge in [-0.3, -0.25) is 9.59 Å². The minimum atomic E-state index is 0.0936. The van der Waals surface area contributed by atoms with Crippen LogP contribution in [0.4, 0.5) is 0 Å². The number of aryl methyl sites for hydroxylation is 1. The van der Waals surface area contributed by atoms with Gasteiger partial charge in [-0.25, -0.2) is 0 Å². The molecule has 0 radical (unpaired) electrons. The van der Waals surface area contributed by atoms with Crippen LogP contribution < -0.4 is 0 Å². The van der Waals surface area contributed by atoms with Crippen molar-refractivity contribution in [2.75, 3.05) is 32.8 Å². The molecule has 0 aliphatic carbocycles. The summed E-state index contributed by atoms with van der Waals surface area (Å²) in [5.74, 6) is 0.363. The van der Waals surface area contributed by atoms with E-state index in [4.69, 9.17) is 4.74 Å². The van der Waals surface area contributed by atoms with E-state index in [1.807, 2.05) is 29.0 Å². The van der Waals surface area contributed by atoms with Crippen molar-refractivity contribution in [3.8, 4) is 0 Å². The van der Waals surface area contributed by atoms with Crippen LogP contribution in [-0.2, 0) is 9.53 Å². The van der Waals surface area contributed by atoms with E-state index in [1.54, 1.807) is 0 Å². The summed E-state index contributed by atoms with van der Waals surface area (Å²) in [5.41, 5.74) is 1.93. The van der Waals surface area contributed by atoms with Crippen molar-refractivity contribution < 1.29 is 14.3 Å². The molecule has 4 rings (SSSR count). The lowest BCUT2D eigenvalue weighted by molar-refractivity contribution is -0.141. The first-order valence-electron chi connectivity index (χ1n) is 9.88. The van der Waals surface area contributed by atoms with Crippen LogP contribution in [0.5, 0.6) is 0 Å². The number of aromatic nitrogens is 1. The average molecular weight is 359 g/mol. The van der Waals surface area contributed by atoms with Gasteiger partial charge in [0.2, 0.25) is 5.91 Å². The Bertz CT molecular complexity index is 670. The number of nitrogens with zero attached hydrogens (tertiary/aromatic N) is 2. The Balaban J connectivity index is 1.36. The van der Waals surface area contributed by atoms with Crippen molar-refractivity contribution in [2.24, 2.45) is 5.41 Å². The molecule has 6 heteroatoms. The first kappa shape index (κ1) is 17.6. The molecule has 3 aliphatic rings. The molecule has 0 bridgehead atoms. The van der Waals surface area contributed by atoms with E-state index in [0.29, 0.717) is 12.1 Å². The Morgan fingerprint density at radius 3 is 2.81 bits per heavy atom. The molecule has 142 valence electrons. The normalized spacial score (nSPS) is 25.9. The van der Waals surface area contributed by atoms with E-state index >= 15 is 0 Å². The molecule has 1 atom stereocenters. The summed E-state index contributed by atoms with van der Waals surface area (Å²) in [5, 5.41) is 0. The number of piperidine rings is 2. The highest BCUT2D eigenvalue weighted by Gasteiger charge is 2.42. The molecule has 1 aromatic rings. The van der Waals surface area contributed by atoms with Crippen molar-refractivity contribution >= 4 is 11.8 Å². The fraction of sp³-hybridized carbons (Fsp3) is 0.700. The monoisotopic (exact) mass is 359 g/mol. The lowest BCUT2D eigenvalue weighted by Crippen LogP contribution is -2.53. The number of likely N-dealkylation sites (tertiary alicyclic amines) is 2. The molecular formula is C20H29N3O3. The highest BCUT2D eigenvalue weighted by molar-refractivity contribution is 5.92. The van der Waals surface area contributed by atoms with Crippen LogP contribution in [0.2, 0.25) is 0 Å². The molecule has 0 saturated carbocycles. The second-order valence-electron chi connectivity index (χ2n) is 8.29. The van der Waals surface area contributed by atoms with E-state index in [1.165, 1.54) is 0 Å². The van der Waals surface area contributed by atoms with E-state index in [-0.39, 0.29) is 23.3 Å². The maximum Gasteiger partial charge on any atom is 0.270 e. The number of rotatable bonds is 3. The van der Waals surface area contributed by atoms with E-state index in [2.05, 4.69) is 4.98 Å². The number of ether oxygens (including phenoxy) is 1. The Labute approximate surface area is 154 Å². The van der Waals surface area contributed by atoms with Crippen LogP contribution in [0.25, 0.3) is 0 Å². The van der Waals surface area contributed by atoms with Crippen LogP contribution in [0.1, 0.15) is 54.6 Å². The predicted molar refractivity (Wildman–Crippen MR) is 97.9 cm³/mol. The Morgan fingerprint density at radius 2 is 2.15 bits per heavy atom. The molecular weight excluding hydrogens is 330 g/mol. The van der Waals surface area contributed by atoms with Gasteiger partial charge in [0.15, 0.2) is 0 Å². The largest absolute Gasteiger partial charge is 0.376 e. The van der Waals surface area contributed by atoms with Crippen molar-refractivity contribution in [2.45, 2.75) is 51.6 Å². The second kappa shape index (κ2) is 7.06. The van der Waals surface area contributed by atoms with Gasteiger partial charge in [-0.15, -0.1) is 0 Å². The fourth-order valence-corrected chi connectivity index (χ4v) is 4.69. The van der Waals surface area contributed by atoms with E-state index < -0.39 is 0 Å². The third-order valence-corrected chi connectivity index (χ3v) is 6.37. The SMILES string of the molecule is Cc1c[nH]c(C(=O)N2CCC3(CCC(=O)N(CC4CCCO4)C3)CC2)c1. The predicted octanol–water partition coefficient (Wildman–Crippen LogP) is 2.35. The summed E-state index contributed by atoms with van der Waals surface area (Å²) < 4.78 is 5.73. The summed E-state index contributed by atoms with van der Waals surface area (Å²) in [4.78, 5) is 32.1. The van der Waals surface area contributed by atoms with Gasteiger partial charge in [0, 0.05) is 45.4 Å². The number of amides is 2. The van der Waals surface area contributed by atoms with Gasteiger partial charge in [0.05, 0.1) is 6.10 Å².